The molecule has 1 unspecified atom stereocenters. The number of carbonyl (C=O) groups excluding carboxylic acids is 2. The van der Waals surface area contributed by atoms with Gasteiger partial charge in [0.15, 0.2) is 17.6 Å². The van der Waals surface area contributed by atoms with Gasteiger partial charge < -0.3 is 19.5 Å². The quantitative estimate of drug-likeness (QED) is 0.450. The maximum atomic E-state index is 13.0. The van der Waals surface area contributed by atoms with Gasteiger partial charge in [-0.2, -0.15) is 0 Å². The van der Waals surface area contributed by atoms with Crippen molar-refractivity contribution in [1.82, 2.24) is 9.62 Å². The van der Waals surface area contributed by atoms with E-state index in [0.717, 1.165) is 22.0 Å². The Morgan fingerprint density at radius 1 is 1.06 bits per heavy atom. The van der Waals surface area contributed by atoms with Crippen molar-refractivity contribution in [1.29, 1.82) is 0 Å². The van der Waals surface area contributed by atoms with E-state index in [4.69, 9.17) is 14.2 Å². The second-order valence-electron chi connectivity index (χ2n) is 7.42. The molecule has 0 heterocycles. The van der Waals surface area contributed by atoms with Crippen LogP contribution in [0.1, 0.15) is 25.3 Å². The summed E-state index contributed by atoms with van der Waals surface area (Å²) >= 11 is 0. The molecule has 0 spiro atoms. The average Bonchev–Trinajstić information content (AvgIpc) is 2.82. The van der Waals surface area contributed by atoms with Crippen LogP contribution in [0.3, 0.4) is 0 Å². The highest BCUT2D eigenvalue weighted by atomic mass is 32.2. The Kier molecular flexibility index (Phi) is 9.82. The van der Waals surface area contributed by atoms with E-state index in [1.54, 1.807) is 18.2 Å². The number of nitrogens with one attached hydrogen (secondary N) is 1. The molecular formula is C23H29FN2O7S. The second kappa shape index (κ2) is 12.3. The van der Waals surface area contributed by atoms with Gasteiger partial charge in [-0.1, -0.05) is 6.07 Å². The van der Waals surface area contributed by atoms with Crippen molar-refractivity contribution in [2.75, 3.05) is 27.8 Å². The number of rotatable bonds is 12. The lowest BCUT2D eigenvalue weighted by Gasteiger charge is -2.17. The van der Waals surface area contributed by atoms with E-state index in [-0.39, 0.29) is 30.8 Å². The Bertz CT molecular complexity index is 1090. The van der Waals surface area contributed by atoms with Crippen LogP contribution in [0.2, 0.25) is 0 Å². The Morgan fingerprint density at radius 2 is 1.71 bits per heavy atom. The van der Waals surface area contributed by atoms with Crippen LogP contribution in [-0.4, -0.2) is 58.5 Å². The number of hydrogen-bond acceptors (Lipinski definition) is 7. The average molecular weight is 497 g/mol. The molecule has 186 valence electrons. The third-order valence-corrected chi connectivity index (χ3v) is 6.84. The first kappa shape index (κ1) is 27.1. The number of sulfonamides is 1. The van der Waals surface area contributed by atoms with Crippen molar-refractivity contribution in [3.8, 4) is 11.5 Å². The number of nitrogens with zero attached hydrogens (tertiary/aromatic N) is 1. The van der Waals surface area contributed by atoms with Crippen LogP contribution in [0.4, 0.5) is 4.39 Å². The van der Waals surface area contributed by atoms with Gasteiger partial charge in [0.05, 0.1) is 19.1 Å². The maximum absolute atomic E-state index is 13.0. The number of amides is 1. The summed E-state index contributed by atoms with van der Waals surface area (Å²) in [5.74, 6) is -0.539. The number of methoxy groups -OCH3 is 2. The van der Waals surface area contributed by atoms with Crippen molar-refractivity contribution in [3.63, 3.8) is 0 Å². The zero-order chi connectivity index (χ0) is 25.3. The smallest absolute Gasteiger partial charge is 0.306 e. The number of carbonyl (C=O) groups is 2. The van der Waals surface area contributed by atoms with Gasteiger partial charge in [-0.15, -0.1) is 0 Å². The second-order valence-corrected chi connectivity index (χ2v) is 9.47. The molecule has 34 heavy (non-hydrogen) atoms. The predicted octanol–water partition coefficient (Wildman–Crippen LogP) is 2.49. The van der Waals surface area contributed by atoms with Crippen molar-refractivity contribution in [2.24, 2.45) is 0 Å². The molecule has 1 amide bonds. The molecule has 2 aromatic carbocycles. The minimum Gasteiger partial charge on any atom is -0.493 e. The fourth-order valence-corrected chi connectivity index (χ4v) is 4.20. The van der Waals surface area contributed by atoms with Crippen LogP contribution in [0, 0.1) is 5.82 Å². The van der Waals surface area contributed by atoms with E-state index < -0.39 is 33.8 Å². The van der Waals surface area contributed by atoms with Crippen molar-refractivity contribution < 1.29 is 36.6 Å². The van der Waals surface area contributed by atoms with E-state index in [1.165, 1.54) is 40.3 Å². The minimum absolute atomic E-state index is 0.0428. The van der Waals surface area contributed by atoms with Crippen LogP contribution in [0.15, 0.2) is 47.4 Å². The van der Waals surface area contributed by atoms with E-state index in [0.29, 0.717) is 11.5 Å². The van der Waals surface area contributed by atoms with E-state index in [9.17, 15) is 22.4 Å². The summed E-state index contributed by atoms with van der Waals surface area (Å²) in [5.41, 5.74) is 0.773. The maximum Gasteiger partial charge on any atom is 0.306 e. The fraction of sp³-hybridized carbons (Fsp3) is 0.391. The molecule has 2 rings (SSSR count). The number of esters is 1. The van der Waals surface area contributed by atoms with Gasteiger partial charge in [0.2, 0.25) is 10.0 Å². The van der Waals surface area contributed by atoms with E-state index >= 15 is 0 Å². The van der Waals surface area contributed by atoms with Gasteiger partial charge in [0, 0.05) is 26.6 Å². The molecule has 0 aromatic heterocycles. The first-order valence-electron chi connectivity index (χ1n) is 10.5. The largest absolute Gasteiger partial charge is 0.493 e. The Morgan fingerprint density at radius 3 is 2.32 bits per heavy atom. The fourth-order valence-electron chi connectivity index (χ4n) is 2.99. The molecular weight excluding hydrogens is 467 g/mol. The molecule has 0 bridgehead atoms. The Labute approximate surface area is 198 Å². The number of hydrogen-bond donors (Lipinski definition) is 1. The lowest BCUT2D eigenvalue weighted by atomic mass is 10.2. The van der Waals surface area contributed by atoms with E-state index in [2.05, 4.69) is 5.32 Å². The van der Waals surface area contributed by atoms with Crippen LogP contribution < -0.4 is 14.8 Å². The molecule has 0 fully saturated rings. The highest BCUT2D eigenvalue weighted by Crippen LogP contribution is 2.27. The lowest BCUT2D eigenvalue weighted by molar-refractivity contribution is -0.155. The summed E-state index contributed by atoms with van der Waals surface area (Å²) < 4.78 is 54.6. The van der Waals surface area contributed by atoms with E-state index in [1.807, 2.05) is 0 Å². The predicted molar refractivity (Wildman–Crippen MR) is 122 cm³/mol. The first-order chi connectivity index (χ1) is 16.1. The van der Waals surface area contributed by atoms with Crippen LogP contribution in [-0.2, 0) is 30.9 Å². The molecule has 11 heteroatoms. The molecule has 1 N–H and O–H groups in total. The van der Waals surface area contributed by atoms with Crippen molar-refractivity contribution in [2.45, 2.75) is 37.3 Å². The van der Waals surface area contributed by atoms with Gasteiger partial charge in [0.1, 0.15) is 5.82 Å². The number of benzene rings is 2. The van der Waals surface area contributed by atoms with Crippen LogP contribution in [0.5, 0.6) is 11.5 Å². The molecule has 0 radical (unpaired) electrons. The normalized spacial score (nSPS) is 12.2. The van der Waals surface area contributed by atoms with Gasteiger partial charge in [-0.3, -0.25) is 9.59 Å². The molecule has 0 saturated carbocycles. The number of ether oxygens (including phenoxy) is 3. The lowest BCUT2D eigenvalue weighted by Crippen LogP contribution is -2.35. The summed E-state index contributed by atoms with van der Waals surface area (Å²) in [5, 5.41) is 2.68. The molecule has 2 aromatic rings. The van der Waals surface area contributed by atoms with Gasteiger partial charge in [-0.25, -0.2) is 17.1 Å². The summed E-state index contributed by atoms with van der Waals surface area (Å²) in [7, 11) is 0.607. The molecule has 1 atom stereocenters. The first-order valence-corrected chi connectivity index (χ1v) is 11.9. The minimum atomic E-state index is -3.80. The highest BCUT2D eigenvalue weighted by molar-refractivity contribution is 7.89. The Balaban J connectivity index is 1.77. The van der Waals surface area contributed by atoms with Gasteiger partial charge >= 0.3 is 5.97 Å². The third kappa shape index (κ3) is 7.42. The third-order valence-electron chi connectivity index (χ3n) is 4.97. The zero-order valence-electron chi connectivity index (χ0n) is 19.5. The van der Waals surface area contributed by atoms with Gasteiger partial charge in [0.25, 0.3) is 5.91 Å². The summed E-state index contributed by atoms with van der Waals surface area (Å²) in [6.07, 6.45) is -0.903. The van der Waals surface area contributed by atoms with Crippen LogP contribution in [0.25, 0.3) is 0 Å². The van der Waals surface area contributed by atoms with Gasteiger partial charge in [-0.05, 0) is 55.3 Å². The SMILES string of the molecule is COc1ccc(CNC(=O)C(C)OC(=O)CCCN(C)S(=O)(=O)c2ccc(F)cc2)cc1OC. The molecule has 0 aliphatic rings. The van der Waals surface area contributed by atoms with Crippen molar-refractivity contribution >= 4 is 21.9 Å². The van der Waals surface area contributed by atoms with Crippen molar-refractivity contribution in [3.05, 3.63) is 53.8 Å². The molecule has 0 aliphatic heterocycles. The summed E-state index contributed by atoms with van der Waals surface area (Å²) in [6.45, 7) is 1.70. The summed E-state index contributed by atoms with van der Waals surface area (Å²) in [4.78, 5) is 24.3. The monoisotopic (exact) mass is 496 g/mol. The Hall–Kier alpha value is -3.18. The molecule has 9 nitrogen and oxygen atoms in total. The topological polar surface area (TPSA) is 111 Å². The zero-order valence-corrected chi connectivity index (χ0v) is 20.4. The summed E-state index contributed by atoms with van der Waals surface area (Å²) in [6, 6.07) is 9.71. The molecule has 0 aliphatic carbocycles. The number of halogens is 1. The highest BCUT2D eigenvalue weighted by Gasteiger charge is 2.22. The standard InChI is InChI=1S/C23H29FN2O7S/c1-16(23(28)25-15-17-7-12-20(31-3)21(14-17)32-4)33-22(27)6-5-13-26(2)34(29,30)19-10-8-18(24)9-11-19/h7-12,14,16H,5-6,13,15H2,1-4H3,(H,25,28). The molecule has 0 saturated heterocycles. The van der Waals surface area contributed by atoms with Crippen LogP contribution >= 0.6 is 0 Å².